The van der Waals surface area contributed by atoms with Crippen LogP contribution in [0, 0.1) is 0 Å². The zero-order valence-electron chi connectivity index (χ0n) is 17.6. The van der Waals surface area contributed by atoms with Crippen molar-refractivity contribution in [1.82, 2.24) is 19.5 Å². The largest absolute Gasteiger partial charge is 0.492 e. The number of nitrogens with zero attached hydrogens (tertiary/aromatic N) is 4. The van der Waals surface area contributed by atoms with Crippen LogP contribution in [0.1, 0.15) is 11.3 Å². The SMILES string of the molecule is O=c1nc2scc(-c3ccc(OCCN4CCOCC4)cc3)n2nc1Cc1ccccc1. The third kappa shape index (κ3) is 4.72. The highest BCUT2D eigenvalue weighted by Crippen LogP contribution is 2.26. The summed E-state index contributed by atoms with van der Waals surface area (Å²) in [4.78, 5) is 19.6. The van der Waals surface area contributed by atoms with E-state index in [-0.39, 0.29) is 5.56 Å². The molecular weight excluding hydrogens is 424 g/mol. The maximum Gasteiger partial charge on any atom is 0.296 e. The van der Waals surface area contributed by atoms with Gasteiger partial charge in [-0.2, -0.15) is 10.1 Å². The van der Waals surface area contributed by atoms with Gasteiger partial charge in [-0.1, -0.05) is 30.3 Å². The molecule has 4 aromatic rings. The molecule has 164 valence electrons. The van der Waals surface area contributed by atoms with Crippen LogP contribution in [0.5, 0.6) is 5.75 Å². The average molecular weight is 449 g/mol. The normalized spacial score (nSPS) is 14.6. The number of hydrogen-bond acceptors (Lipinski definition) is 7. The Balaban J connectivity index is 1.31. The van der Waals surface area contributed by atoms with Crippen molar-refractivity contribution >= 4 is 16.3 Å². The van der Waals surface area contributed by atoms with Gasteiger partial charge in [0.1, 0.15) is 18.1 Å². The molecule has 0 bridgehead atoms. The van der Waals surface area contributed by atoms with E-state index in [1.54, 1.807) is 4.52 Å². The molecule has 3 heterocycles. The zero-order valence-corrected chi connectivity index (χ0v) is 18.5. The number of rotatable bonds is 7. The lowest BCUT2D eigenvalue weighted by atomic mass is 10.1. The molecule has 0 atom stereocenters. The van der Waals surface area contributed by atoms with Gasteiger partial charge in [-0.3, -0.25) is 9.69 Å². The van der Waals surface area contributed by atoms with E-state index in [9.17, 15) is 4.79 Å². The molecule has 0 amide bonds. The lowest BCUT2D eigenvalue weighted by molar-refractivity contribution is 0.0322. The molecule has 1 aliphatic heterocycles. The van der Waals surface area contributed by atoms with Crippen molar-refractivity contribution < 1.29 is 9.47 Å². The molecule has 2 aromatic heterocycles. The van der Waals surface area contributed by atoms with Crippen molar-refractivity contribution in [2.24, 2.45) is 0 Å². The molecule has 0 spiro atoms. The molecule has 0 aliphatic carbocycles. The number of hydrogen-bond donors (Lipinski definition) is 0. The van der Waals surface area contributed by atoms with Crippen molar-refractivity contribution in [3.05, 3.63) is 81.6 Å². The Bertz CT molecular complexity index is 1230. The first-order chi connectivity index (χ1) is 15.8. The van der Waals surface area contributed by atoms with Gasteiger partial charge in [-0.25, -0.2) is 4.52 Å². The number of thiazole rings is 1. The van der Waals surface area contributed by atoms with Crippen LogP contribution >= 0.6 is 11.3 Å². The van der Waals surface area contributed by atoms with E-state index in [1.807, 2.05) is 60.0 Å². The van der Waals surface area contributed by atoms with Crippen LogP contribution in [0.2, 0.25) is 0 Å². The fourth-order valence-corrected chi connectivity index (χ4v) is 4.55. The predicted molar refractivity (Wildman–Crippen MR) is 125 cm³/mol. The summed E-state index contributed by atoms with van der Waals surface area (Å²) in [6, 6.07) is 17.8. The standard InChI is InChI=1S/C24H24N4O3S/c29-23-21(16-18-4-2-1-3-5-18)26-28-22(17-32-24(28)25-23)19-6-8-20(9-7-19)31-15-12-27-10-13-30-14-11-27/h1-9,17H,10-16H2. The minimum absolute atomic E-state index is 0.272. The maximum absolute atomic E-state index is 12.4. The minimum Gasteiger partial charge on any atom is -0.492 e. The van der Waals surface area contributed by atoms with E-state index in [4.69, 9.17) is 9.47 Å². The summed E-state index contributed by atoms with van der Waals surface area (Å²) in [5, 5.41) is 6.62. The smallest absolute Gasteiger partial charge is 0.296 e. The molecule has 1 aliphatic rings. The second kappa shape index (κ2) is 9.60. The summed E-state index contributed by atoms with van der Waals surface area (Å²) in [7, 11) is 0. The van der Waals surface area contributed by atoms with Gasteiger partial charge in [0.15, 0.2) is 0 Å². The lowest BCUT2D eigenvalue weighted by Gasteiger charge is -2.26. The molecule has 0 unspecified atom stereocenters. The first-order valence-corrected chi connectivity index (χ1v) is 11.6. The Hall–Kier alpha value is -3.07. The number of morpholine rings is 1. The van der Waals surface area contributed by atoms with Gasteiger partial charge in [0.2, 0.25) is 4.96 Å². The Labute approximate surface area is 189 Å². The van der Waals surface area contributed by atoms with E-state index in [1.165, 1.54) is 11.3 Å². The van der Waals surface area contributed by atoms with Crippen LogP contribution in [0.25, 0.3) is 16.2 Å². The highest BCUT2D eigenvalue weighted by atomic mass is 32.1. The Morgan fingerprint density at radius 1 is 1.03 bits per heavy atom. The maximum atomic E-state index is 12.4. The fourth-order valence-electron chi connectivity index (χ4n) is 3.73. The van der Waals surface area contributed by atoms with Crippen LogP contribution in [0.3, 0.4) is 0 Å². The summed E-state index contributed by atoms with van der Waals surface area (Å²) in [6.07, 6.45) is 0.459. The Kier molecular flexibility index (Phi) is 6.24. The fraction of sp³-hybridized carbons (Fsp3) is 0.292. The summed E-state index contributed by atoms with van der Waals surface area (Å²) in [5.41, 5.74) is 3.11. The minimum atomic E-state index is -0.272. The van der Waals surface area contributed by atoms with Gasteiger partial charge >= 0.3 is 0 Å². The van der Waals surface area contributed by atoms with E-state index < -0.39 is 0 Å². The van der Waals surface area contributed by atoms with Crippen LogP contribution in [0.15, 0.2) is 64.8 Å². The summed E-state index contributed by atoms with van der Waals surface area (Å²) in [5.74, 6) is 0.837. The molecule has 1 saturated heterocycles. The van der Waals surface area contributed by atoms with Crippen molar-refractivity contribution in [3.63, 3.8) is 0 Å². The van der Waals surface area contributed by atoms with Crippen LogP contribution in [-0.2, 0) is 11.2 Å². The predicted octanol–water partition coefficient (Wildman–Crippen LogP) is 3.12. The third-order valence-corrected chi connectivity index (χ3v) is 6.31. The summed E-state index contributed by atoms with van der Waals surface area (Å²) >= 11 is 1.41. The van der Waals surface area contributed by atoms with E-state index in [0.717, 1.165) is 55.4 Å². The molecule has 0 saturated carbocycles. The molecule has 1 fully saturated rings. The second-order valence-corrected chi connectivity index (χ2v) is 8.50. The lowest BCUT2D eigenvalue weighted by Crippen LogP contribution is -2.38. The number of aromatic nitrogens is 3. The first-order valence-electron chi connectivity index (χ1n) is 10.7. The number of ether oxygens (including phenoxy) is 2. The Morgan fingerprint density at radius 3 is 2.59 bits per heavy atom. The molecule has 2 aromatic carbocycles. The van der Waals surface area contributed by atoms with Gasteiger partial charge in [0.25, 0.3) is 5.56 Å². The quantitative estimate of drug-likeness (QED) is 0.433. The molecule has 0 radical (unpaired) electrons. The van der Waals surface area contributed by atoms with E-state index >= 15 is 0 Å². The monoisotopic (exact) mass is 448 g/mol. The van der Waals surface area contributed by atoms with E-state index in [0.29, 0.717) is 23.7 Å². The van der Waals surface area contributed by atoms with Gasteiger partial charge < -0.3 is 9.47 Å². The Morgan fingerprint density at radius 2 is 1.81 bits per heavy atom. The molecule has 8 heteroatoms. The van der Waals surface area contributed by atoms with Crippen molar-refractivity contribution in [2.45, 2.75) is 6.42 Å². The zero-order chi connectivity index (χ0) is 21.8. The number of benzene rings is 2. The second-order valence-electron chi connectivity index (χ2n) is 7.67. The van der Waals surface area contributed by atoms with Crippen molar-refractivity contribution in [3.8, 4) is 17.0 Å². The van der Waals surface area contributed by atoms with Gasteiger partial charge in [-0.05, 0) is 29.8 Å². The summed E-state index contributed by atoms with van der Waals surface area (Å²) < 4.78 is 13.1. The van der Waals surface area contributed by atoms with Crippen molar-refractivity contribution in [1.29, 1.82) is 0 Å². The molecule has 7 nitrogen and oxygen atoms in total. The van der Waals surface area contributed by atoms with Crippen molar-refractivity contribution in [2.75, 3.05) is 39.5 Å². The van der Waals surface area contributed by atoms with Crippen LogP contribution in [0.4, 0.5) is 0 Å². The highest BCUT2D eigenvalue weighted by molar-refractivity contribution is 7.15. The molecular formula is C24H24N4O3S. The van der Waals surface area contributed by atoms with Gasteiger partial charge in [0.05, 0.1) is 18.9 Å². The average Bonchev–Trinajstić information content (AvgIpc) is 3.24. The third-order valence-electron chi connectivity index (χ3n) is 5.49. The number of fused-ring (bicyclic) bond motifs is 1. The molecule has 32 heavy (non-hydrogen) atoms. The van der Waals surface area contributed by atoms with Gasteiger partial charge in [-0.15, -0.1) is 11.3 Å². The molecule has 0 N–H and O–H groups in total. The topological polar surface area (TPSA) is 69.0 Å². The van der Waals surface area contributed by atoms with E-state index in [2.05, 4.69) is 15.0 Å². The van der Waals surface area contributed by atoms with Crippen LogP contribution in [-0.4, -0.2) is 59.0 Å². The summed E-state index contributed by atoms with van der Waals surface area (Å²) in [6.45, 7) is 5.06. The van der Waals surface area contributed by atoms with Crippen LogP contribution < -0.4 is 10.3 Å². The first kappa shape index (κ1) is 20.8. The van der Waals surface area contributed by atoms with Gasteiger partial charge in [0, 0.05) is 37.0 Å². The highest BCUT2D eigenvalue weighted by Gasteiger charge is 2.13. The molecule has 5 rings (SSSR count).